The molecule has 0 amide bonds. The van der Waals surface area contributed by atoms with Crippen molar-refractivity contribution in [2.45, 2.75) is 6.54 Å². The highest BCUT2D eigenvalue weighted by molar-refractivity contribution is 7.13. The van der Waals surface area contributed by atoms with Crippen molar-refractivity contribution in [2.24, 2.45) is 0 Å². The molecule has 2 heterocycles. The fraction of sp³-hybridized carbons (Fsp3) is 0.333. The van der Waals surface area contributed by atoms with Crippen LogP contribution in [-0.2, 0) is 11.3 Å². The normalized spacial score (nSPS) is 10.7. The molecule has 0 fully saturated rings. The van der Waals surface area contributed by atoms with Crippen LogP contribution in [0, 0.1) is 0 Å². The van der Waals surface area contributed by atoms with Gasteiger partial charge in [0.1, 0.15) is 0 Å². The van der Waals surface area contributed by atoms with Gasteiger partial charge in [-0.15, -0.1) is 11.3 Å². The summed E-state index contributed by atoms with van der Waals surface area (Å²) in [6.45, 7) is 1.94. The van der Waals surface area contributed by atoms with Crippen LogP contribution in [0.25, 0.3) is 10.7 Å². The molecule has 0 saturated carbocycles. The van der Waals surface area contributed by atoms with Crippen LogP contribution in [0.15, 0.2) is 28.4 Å². The standard InChI is InChI=1S/C12H15N3O2S/c1-17-5-4-13-8-9-7-11(16)15-12(14-9)10-3-2-6-18-10/h2-3,6-7,13H,4-5,8H2,1H3,(H,14,15,16). The van der Waals surface area contributed by atoms with Crippen LogP contribution in [0.5, 0.6) is 0 Å². The lowest BCUT2D eigenvalue weighted by Gasteiger charge is -2.04. The van der Waals surface area contributed by atoms with Gasteiger partial charge in [0.05, 0.1) is 17.2 Å². The predicted molar refractivity (Wildman–Crippen MR) is 71.8 cm³/mol. The van der Waals surface area contributed by atoms with Gasteiger partial charge >= 0.3 is 0 Å². The van der Waals surface area contributed by atoms with Gasteiger partial charge in [0.15, 0.2) is 5.82 Å². The van der Waals surface area contributed by atoms with E-state index in [1.807, 2.05) is 17.5 Å². The number of nitrogens with one attached hydrogen (secondary N) is 2. The Balaban J connectivity index is 2.10. The summed E-state index contributed by atoms with van der Waals surface area (Å²) in [7, 11) is 1.65. The molecular weight excluding hydrogens is 250 g/mol. The van der Waals surface area contributed by atoms with Crippen LogP contribution in [0.3, 0.4) is 0 Å². The number of H-pyrrole nitrogens is 1. The van der Waals surface area contributed by atoms with Crippen LogP contribution in [0.4, 0.5) is 0 Å². The molecule has 0 unspecified atom stereocenters. The fourth-order valence-electron chi connectivity index (χ4n) is 1.52. The molecule has 2 N–H and O–H groups in total. The van der Waals surface area contributed by atoms with E-state index in [0.717, 1.165) is 17.1 Å². The summed E-state index contributed by atoms with van der Waals surface area (Å²) in [5, 5.41) is 5.12. The van der Waals surface area contributed by atoms with E-state index in [1.165, 1.54) is 6.07 Å². The molecule has 0 atom stereocenters. The SMILES string of the molecule is COCCNCc1cc(=O)[nH]c(-c2cccs2)n1. The van der Waals surface area contributed by atoms with Crippen molar-refractivity contribution in [3.05, 3.63) is 39.6 Å². The van der Waals surface area contributed by atoms with Crippen molar-refractivity contribution in [3.8, 4) is 10.7 Å². The maximum Gasteiger partial charge on any atom is 0.251 e. The lowest BCUT2D eigenvalue weighted by atomic mass is 10.3. The van der Waals surface area contributed by atoms with Crippen molar-refractivity contribution in [1.82, 2.24) is 15.3 Å². The number of ether oxygens (including phenoxy) is 1. The predicted octanol–water partition coefficient (Wildman–Crippen LogP) is 1.23. The van der Waals surface area contributed by atoms with Crippen molar-refractivity contribution < 1.29 is 4.74 Å². The Hall–Kier alpha value is -1.50. The average molecular weight is 265 g/mol. The molecule has 96 valence electrons. The second-order valence-corrected chi connectivity index (χ2v) is 4.68. The largest absolute Gasteiger partial charge is 0.383 e. The lowest BCUT2D eigenvalue weighted by Crippen LogP contribution is -2.21. The van der Waals surface area contributed by atoms with E-state index < -0.39 is 0 Å². The number of hydrogen-bond donors (Lipinski definition) is 2. The highest BCUT2D eigenvalue weighted by atomic mass is 32.1. The van der Waals surface area contributed by atoms with Gasteiger partial charge < -0.3 is 15.0 Å². The molecule has 0 aliphatic carbocycles. The first kappa shape index (κ1) is 12.9. The zero-order valence-corrected chi connectivity index (χ0v) is 10.9. The second-order valence-electron chi connectivity index (χ2n) is 3.73. The van der Waals surface area contributed by atoms with Crippen molar-refractivity contribution in [2.75, 3.05) is 20.3 Å². The van der Waals surface area contributed by atoms with Gasteiger partial charge in [0, 0.05) is 26.3 Å². The molecule has 0 radical (unpaired) electrons. The van der Waals surface area contributed by atoms with E-state index in [0.29, 0.717) is 19.0 Å². The highest BCUT2D eigenvalue weighted by Gasteiger charge is 2.04. The maximum absolute atomic E-state index is 11.6. The van der Waals surface area contributed by atoms with Gasteiger partial charge in [-0.2, -0.15) is 0 Å². The van der Waals surface area contributed by atoms with Gasteiger partial charge in [-0.25, -0.2) is 4.98 Å². The third-order valence-electron chi connectivity index (χ3n) is 2.34. The Bertz CT molecular complexity index is 537. The average Bonchev–Trinajstić information content (AvgIpc) is 2.88. The quantitative estimate of drug-likeness (QED) is 0.771. The monoisotopic (exact) mass is 265 g/mol. The summed E-state index contributed by atoms with van der Waals surface area (Å²) in [5.74, 6) is 0.626. The third kappa shape index (κ3) is 3.49. The molecule has 0 aliphatic rings. The minimum Gasteiger partial charge on any atom is -0.383 e. The zero-order chi connectivity index (χ0) is 12.8. The molecule has 2 rings (SSSR count). The summed E-state index contributed by atoms with van der Waals surface area (Å²) in [6.07, 6.45) is 0. The van der Waals surface area contributed by atoms with E-state index >= 15 is 0 Å². The van der Waals surface area contributed by atoms with E-state index in [4.69, 9.17) is 4.74 Å². The molecule has 6 heteroatoms. The second kappa shape index (κ2) is 6.44. The van der Waals surface area contributed by atoms with Gasteiger partial charge in [-0.1, -0.05) is 6.07 Å². The summed E-state index contributed by atoms with van der Waals surface area (Å²) in [5.41, 5.74) is 0.607. The van der Waals surface area contributed by atoms with Gasteiger partial charge in [0.2, 0.25) is 0 Å². The van der Waals surface area contributed by atoms with Crippen molar-refractivity contribution >= 4 is 11.3 Å². The van der Waals surface area contributed by atoms with Crippen LogP contribution in [-0.4, -0.2) is 30.2 Å². The molecule has 18 heavy (non-hydrogen) atoms. The van der Waals surface area contributed by atoms with E-state index in [-0.39, 0.29) is 5.56 Å². The number of aromatic amines is 1. The van der Waals surface area contributed by atoms with E-state index in [2.05, 4.69) is 15.3 Å². The number of aromatic nitrogens is 2. The Morgan fingerprint density at radius 3 is 3.17 bits per heavy atom. The smallest absolute Gasteiger partial charge is 0.251 e. The molecule has 0 spiro atoms. The first-order valence-electron chi connectivity index (χ1n) is 5.63. The summed E-state index contributed by atoms with van der Waals surface area (Å²) in [6, 6.07) is 5.38. The summed E-state index contributed by atoms with van der Waals surface area (Å²) in [4.78, 5) is 19.7. The molecule has 2 aromatic heterocycles. The number of nitrogens with zero attached hydrogens (tertiary/aromatic N) is 1. The topological polar surface area (TPSA) is 67.0 Å². The van der Waals surface area contributed by atoms with E-state index in [1.54, 1.807) is 18.4 Å². The fourth-order valence-corrected chi connectivity index (χ4v) is 2.19. The number of rotatable bonds is 6. The van der Waals surface area contributed by atoms with Crippen LogP contribution < -0.4 is 10.9 Å². The van der Waals surface area contributed by atoms with E-state index in [9.17, 15) is 4.79 Å². The highest BCUT2D eigenvalue weighted by Crippen LogP contribution is 2.19. The molecule has 0 aliphatic heterocycles. The van der Waals surface area contributed by atoms with Gasteiger partial charge in [0.25, 0.3) is 5.56 Å². The number of thiophene rings is 1. The maximum atomic E-state index is 11.6. The minimum atomic E-state index is -0.128. The van der Waals surface area contributed by atoms with Crippen LogP contribution in [0.2, 0.25) is 0 Å². The summed E-state index contributed by atoms with van der Waals surface area (Å²) < 4.78 is 4.94. The van der Waals surface area contributed by atoms with Crippen LogP contribution >= 0.6 is 11.3 Å². The third-order valence-corrected chi connectivity index (χ3v) is 3.21. The molecule has 0 aromatic carbocycles. The molecular formula is C12H15N3O2S. The Kier molecular flexibility index (Phi) is 4.63. The molecule has 2 aromatic rings. The lowest BCUT2D eigenvalue weighted by molar-refractivity contribution is 0.199. The summed E-state index contributed by atoms with van der Waals surface area (Å²) >= 11 is 1.55. The number of hydrogen-bond acceptors (Lipinski definition) is 5. The molecule has 0 bridgehead atoms. The van der Waals surface area contributed by atoms with Gasteiger partial charge in [-0.05, 0) is 11.4 Å². The Labute approximate surface area is 109 Å². The van der Waals surface area contributed by atoms with Crippen LogP contribution in [0.1, 0.15) is 5.69 Å². The molecule has 0 saturated heterocycles. The first-order valence-corrected chi connectivity index (χ1v) is 6.51. The van der Waals surface area contributed by atoms with Gasteiger partial charge in [-0.3, -0.25) is 4.79 Å². The zero-order valence-electron chi connectivity index (χ0n) is 10.1. The first-order chi connectivity index (χ1) is 8.79. The molecule has 5 nitrogen and oxygen atoms in total. The minimum absolute atomic E-state index is 0.128. The Morgan fingerprint density at radius 1 is 1.56 bits per heavy atom. The Morgan fingerprint density at radius 2 is 2.44 bits per heavy atom. The van der Waals surface area contributed by atoms with Crippen molar-refractivity contribution in [1.29, 1.82) is 0 Å². The van der Waals surface area contributed by atoms with Crippen molar-refractivity contribution in [3.63, 3.8) is 0 Å². The number of methoxy groups -OCH3 is 1.